The summed E-state index contributed by atoms with van der Waals surface area (Å²) in [6.45, 7) is 0.593. The normalized spacial score (nSPS) is 12.2. The molecule has 0 amide bonds. The minimum Gasteiger partial charge on any atom is -0.497 e. The van der Waals surface area contributed by atoms with Crippen molar-refractivity contribution in [3.8, 4) is 34.3 Å². The molecule has 6 heteroatoms. The molecule has 3 aromatic carbocycles. The van der Waals surface area contributed by atoms with Crippen molar-refractivity contribution in [2.75, 3.05) is 13.9 Å². The fourth-order valence-electron chi connectivity index (χ4n) is 3.46. The van der Waals surface area contributed by atoms with Gasteiger partial charge in [-0.15, -0.1) is 0 Å². The van der Waals surface area contributed by atoms with Crippen molar-refractivity contribution in [1.82, 2.24) is 4.98 Å². The Bertz CT molecular complexity index is 1280. The third kappa shape index (κ3) is 3.43. The van der Waals surface area contributed by atoms with Crippen LogP contribution in [0.5, 0.6) is 23.0 Å². The zero-order valence-corrected chi connectivity index (χ0v) is 16.3. The number of ether oxygens (including phenoxy) is 4. The molecule has 150 valence electrons. The van der Waals surface area contributed by atoms with E-state index in [1.165, 1.54) is 0 Å². The van der Waals surface area contributed by atoms with Crippen LogP contribution in [0.15, 0.2) is 71.5 Å². The maximum absolute atomic E-state index is 12.7. The predicted molar refractivity (Wildman–Crippen MR) is 113 cm³/mol. The van der Waals surface area contributed by atoms with Gasteiger partial charge in [-0.3, -0.25) is 4.79 Å². The topological polar surface area (TPSA) is 69.8 Å². The van der Waals surface area contributed by atoms with Gasteiger partial charge in [0.05, 0.1) is 12.6 Å². The number of aromatic amines is 1. The number of H-pyrrole nitrogens is 1. The molecule has 1 N–H and O–H groups in total. The number of pyridine rings is 1. The van der Waals surface area contributed by atoms with Crippen LogP contribution in [0.3, 0.4) is 0 Å². The summed E-state index contributed by atoms with van der Waals surface area (Å²) in [5.41, 5.74) is 3.09. The van der Waals surface area contributed by atoms with Crippen molar-refractivity contribution in [2.24, 2.45) is 0 Å². The highest BCUT2D eigenvalue weighted by Crippen LogP contribution is 2.36. The number of rotatable bonds is 5. The minimum atomic E-state index is -0.105. The van der Waals surface area contributed by atoms with E-state index in [1.54, 1.807) is 25.3 Å². The summed E-state index contributed by atoms with van der Waals surface area (Å²) < 4.78 is 22.2. The Morgan fingerprint density at radius 3 is 2.50 bits per heavy atom. The summed E-state index contributed by atoms with van der Waals surface area (Å²) in [7, 11) is 1.60. The molecule has 0 aliphatic carbocycles. The van der Waals surface area contributed by atoms with E-state index < -0.39 is 0 Å². The van der Waals surface area contributed by atoms with Crippen LogP contribution in [0.4, 0.5) is 0 Å². The molecule has 4 aromatic rings. The molecule has 0 saturated carbocycles. The van der Waals surface area contributed by atoms with Gasteiger partial charge in [0, 0.05) is 34.8 Å². The number of fused-ring (bicyclic) bond motifs is 2. The summed E-state index contributed by atoms with van der Waals surface area (Å²) in [5, 5.41) is 0.548. The van der Waals surface area contributed by atoms with E-state index in [-0.39, 0.29) is 12.2 Å². The van der Waals surface area contributed by atoms with E-state index in [4.69, 9.17) is 18.9 Å². The number of nitrogens with one attached hydrogen (secondary N) is 1. The van der Waals surface area contributed by atoms with Crippen LogP contribution < -0.4 is 24.4 Å². The van der Waals surface area contributed by atoms with Gasteiger partial charge in [-0.05, 0) is 23.8 Å². The molecular weight excluding hydrogens is 382 g/mol. The first-order chi connectivity index (χ1) is 14.7. The molecule has 5 rings (SSSR count). The molecule has 0 bridgehead atoms. The molecule has 0 atom stereocenters. The molecule has 0 radical (unpaired) electrons. The van der Waals surface area contributed by atoms with Gasteiger partial charge in [0.2, 0.25) is 6.79 Å². The number of methoxy groups -OCH3 is 1. The van der Waals surface area contributed by atoms with E-state index in [0.29, 0.717) is 46.2 Å². The van der Waals surface area contributed by atoms with Crippen molar-refractivity contribution in [3.05, 3.63) is 82.5 Å². The van der Waals surface area contributed by atoms with Crippen molar-refractivity contribution in [3.63, 3.8) is 0 Å². The lowest BCUT2D eigenvalue weighted by Crippen LogP contribution is -2.03. The van der Waals surface area contributed by atoms with Gasteiger partial charge in [-0.2, -0.15) is 0 Å². The summed E-state index contributed by atoms with van der Waals surface area (Å²) >= 11 is 0. The molecule has 6 nitrogen and oxygen atoms in total. The van der Waals surface area contributed by atoms with Crippen molar-refractivity contribution < 1.29 is 18.9 Å². The van der Waals surface area contributed by atoms with Gasteiger partial charge in [0.1, 0.15) is 18.1 Å². The van der Waals surface area contributed by atoms with Crippen LogP contribution in [0.2, 0.25) is 0 Å². The number of hydrogen-bond donors (Lipinski definition) is 1. The lowest BCUT2D eigenvalue weighted by atomic mass is 10.1. The Morgan fingerprint density at radius 2 is 1.70 bits per heavy atom. The van der Waals surface area contributed by atoms with Crippen LogP contribution in [0.1, 0.15) is 5.56 Å². The van der Waals surface area contributed by atoms with Crippen molar-refractivity contribution in [2.45, 2.75) is 6.61 Å². The Labute approximate surface area is 172 Å². The van der Waals surface area contributed by atoms with Crippen LogP contribution in [-0.4, -0.2) is 18.9 Å². The third-order valence-electron chi connectivity index (χ3n) is 5.00. The summed E-state index contributed by atoms with van der Waals surface area (Å²) in [5.74, 6) is 2.49. The fraction of sp³-hybridized carbons (Fsp3) is 0.125. The Hall–Kier alpha value is -3.93. The van der Waals surface area contributed by atoms with Crippen LogP contribution in [0, 0.1) is 0 Å². The molecule has 30 heavy (non-hydrogen) atoms. The Morgan fingerprint density at radius 1 is 0.933 bits per heavy atom. The molecule has 1 aliphatic rings. The second-order valence-electron chi connectivity index (χ2n) is 6.97. The number of benzene rings is 3. The first kappa shape index (κ1) is 18.1. The van der Waals surface area contributed by atoms with Gasteiger partial charge in [-0.25, -0.2) is 0 Å². The lowest BCUT2D eigenvalue weighted by molar-refractivity contribution is 0.174. The van der Waals surface area contributed by atoms with E-state index in [2.05, 4.69) is 4.98 Å². The zero-order chi connectivity index (χ0) is 20.5. The first-order valence-electron chi connectivity index (χ1n) is 9.52. The van der Waals surface area contributed by atoms with E-state index >= 15 is 0 Å². The molecule has 0 spiro atoms. The first-order valence-corrected chi connectivity index (χ1v) is 9.52. The molecule has 0 fully saturated rings. The molecule has 2 heterocycles. The monoisotopic (exact) mass is 401 g/mol. The maximum Gasteiger partial charge on any atom is 0.231 e. The smallest absolute Gasteiger partial charge is 0.231 e. The molecule has 0 unspecified atom stereocenters. The van der Waals surface area contributed by atoms with Gasteiger partial charge < -0.3 is 23.9 Å². The largest absolute Gasteiger partial charge is 0.497 e. The minimum absolute atomic E-state index is 0.105. The third-order valence-corrected chi connectivity index (χ3v) is 5.00. The summed E-state index contributed by atoms with van der Waals surface area (Å²) in [6, 6.07) is 20.6. The highest BCUT2D eigenvalue weighted by atomic mass is 16.7. The Balaban J connectivity index is 1.53. The fourth-order valence-corrected chi connectivity index (χ4v) is 3.46. The second kappa shape index (κ2) is 7.48. The summed E-state index contributed by atoms with van der Waals surface area (Å²) in [6.07, 6.45) is 0. The molecule has 1 aliphatic heterocycles. The average Bonchev–Trinajstić information content (AvgIpc) is 3.24. The van der Waals surface area contributed by atoms with Crippen LogP contribution in [0.25, 0.3) is 22.2 Å². The van der Waals surface area contributed by atoms with Gasteiger partial charge in [0.15, 0.2) is 16.9 Å². The van der Waals surface area contributed by atoms with Gasteiger partial charge in [0.25, 0.3) is 0 Å². The van der Waals surface area contributed by atoms with Crippen LogP contribution >= 0.6 is 0 Å². The zero-order valence-electron chi connectivity index (χ0n) is 16.3. The SMILES string of the molecule is COc1cc(OCc2ccccc2)cc(-c2cc(=O)c3cc4c(cc3[nH]2)OCO4)c1. The lowest BCUT2D eigenvalue weighted by Gasteiger charge is -2.12. The molecule has 0 saturated heterocycles. The quantitative estimate of drug-likeness (QED) is 0.533. The highest BCUT2D eigenvalue weighted by molar-refractivity contribution is 5.85. The van der Waals surface area contributed by atoms with E-state index in [0.717, 1.165) is 11.1 Å². The number of aromatic nitrogens is 1. The van der Waals surface area contributed by atoms with Crippen LogP contribution in [-0.2, 0) is 6.61 Å². The molecular formula is C24H19NO5. The van der Waals surface area contributed by atoms with Gasteiger partial charge >= 0.3 is 0 Å². The standard InChI is InChI=1S/C24H19NO5/c1-27-17-7-16(8-18(9-17)28-13-15-5-3-2-4-6-15)20-11-22(26)19-10-23-24(30-14-29-23)12-21(19)25-20/h2-12H,13-14H2,1H3,(H,25,26). The van der Waals surface area contributed by atoms with Gasteiger partial charge in [-0.1, -0.05) is 30.3 Å². The number of hydrogen-bond acceptors (Lipinski definition) is 5. The van der Waals surface area contributed by atoms with E-state index in [9.17, 15) is 4.79 Å². The summed E-state index contributed by atoms with van der Waals surface area (Å²) in [4.78, 5) is 16.1. The van der Waals surface area contributed by atoms with Crippen molar-refractivity contribution >= 4 is 10.9 Å². The highest BCUT2D eigenvalue weighted by Gasteiger charge is 2.16. The molecule has 1 aromatic heterocycles. The maximum atomic E-state index is 12.7. The average molecular weight is 401 g/mol. The second-order valence-corrected chi connectivity index (χ2v) is 6.97. The van der Waals surface area contributed by atoms with Crippen molar-refractivity contribution in [1.29, 1.82) is 0 Å². The van der Waals surface area contributed by atoms with E-state index in [1.807, 2.05) is 48.5 Å². The Kier molecular flexibility index (Phi) is 4.52. The predicted octanol–water partition coefficient (Wildman–Crippen LogP) is 4.51.